The molecule has 1 aliphatic heterocycles. The number of hydrogen-bond donors (Lipinski definition) is 1. The predicted molar refractivity (Wildman–Crippen MR) is 117 cm³/mol. The van der Waals surface area contributed by atoms with Crippen molar-refractivity contribution >= 4 is 33.4 Å². The molecule has 30 heavy (non-hydrogen) atoms. The Kier molecular flexibility index (Phi) is 6.95. The number of methoxy groups -OCH3 is 2. The zero-order chi connectivity index (χ0) is 21.8. The molecule has 7 heteroatoms. The van der Waals surface area contributed by atoms with Gasteiger partial charge in [0.2, 0.25) is 0 Å². The molecule has 0 unspecified atom stereocenters. The van der Waals surface area contributed by atoms with Gasteiger partial charge in [0.05, 0.1) is 18.7 Å². The van der Waals surface area contributed by atoms with Crippen molar-refractivity contribution in [2.75, 3.05) is 27.4 Å². The van der Waals surface area contributed by atoms with Gasteiger partial charge in [0.25, 0.3) is 11.7 Å². The van der Waals surface area contributed by atoms with E-state index in [4.69, 9.17) is 9.47 Å². The van der Waals surface area contributed by atoms with E-state index < -0.39 is 17.7 Å². The molecule has 1 heterocycles. The summed E-state index contributed by atoms with van der Waals surface area (Å²) in [7, 11) is 3.15. The standard InChI is InChI=1S/C23H24BrNO5/c1-14-12-17(30-3)8-9-18(14)21(26)19-20(15-6-4-7-16(24)13-15)25(10-5-11-29-2)23(28)22(19)27/h4,6-9,12-13,20,26H,5,10-11H2,1-3H3/t20-/m1/s1. The van der Waals surface area contributed by atoms with Gasteiger partial charge in [0, 0.05) is 30.3 Å². The number of halogens is 1. The number of rotatable bonds is 7. The van der Waals surface area contributed by atoms with Crippen molar-refractivity contribution in [1.29, 1.82) is 0 Å². The molecule has 0 spiro atoms. The highest BCUT2D eigenvalue weighted by molar-refractivity contribution is 9.10. The minimum Gasteiger partial charge on any atom is -0.507 e. The van der Waals surface area contributed by atoms with E-state index in [-0.39, 0.29) is 11.3 Å². The number of hydrogen-bond acceptors (Lipinski definition) is 5. The summed E-state index contributed by atoms with van der Waals surface area (Å²) < 4.78 is 11.1. The lowest BCUT2D eigenvalue weighted by Crippen LogP contribution is -2.31. The second-order valence-corrected chi connectivity index (χ2v) is 7.99. The summed E-state index contributed by atoms with van der Waals surface area (Å²) in [4.78, 5) is 27.4. The van der Waals surface area contributed by atoms with Crippen LogP contribution in [0, 0.1) is 6.92 Å². The molecule has 1 fully saturated rings. The molecule has 1 atom stereocenters. The fourth-order valence-corrected chi connectivity index (χ4v) is 4.10. The number of ketones is 1. The monoisotopic (exact) mass is 473 g/mol. The number of carbonyl (C=O) groups excluding carboxylic acids is 2. The Hall–Kier alpha value is -2.64. The molecule has 0 saturated carbocycles. The van der Waals surface area contributed by atoms with Crippen molar-refractivity contribution in [1.82, 2.24) is 4.90 Å². The SMILES string of the molecule is COCCCN1C(=O)C(=O)C(=C(O)c2ccc(OC)cc2C)[C@H]1c1cccc(Br)c1. The summed E-state index contributed by atoms with van der Waals surface area (Å²) in [6.45, 7) is 2.63. The van der Waals surface area contributed by atoms with Crippen LogP contribution in [0.15, 0.2) is 52.5 Å². The minimum absolute atomic E-state index is 0.0868. The van der Waals surface area contributed by atoms with Crippen molar-refractivity contribution in [2.45, 2.75) is 19.4 Å². The van der Waals surface area contributed by atoms with Gasteiger partial charge in [-0.25, -0.2) is 0 Å². The summed E-state index contributed by atoms with van der Waals surface area (Å²) in [6.07, 6.45) is 0.579. The van der Waals surface area contributed by atoms with Crippen molar-refractivity contribution < 1.29 is 24.2 Å². The van der Waals surface area contributed by atoms with E-state index in [2.05, 4.69) is 15.9 Å². The van der Waals surface area contributed by atoms with Gasteiger partial charge in [-0.15, -0.1) is 0 Å². The lowest BCUT2D eigenvalue weighted by molar-refractivity contribution is -0.140. The van der Waals surface area contributed by atoms with Crippen LogP contribution in [0.2, 0.25) is 0 Å². The fourth-order valence-electron chi connectivity index (χ4n) is 3.69. The average Bonchev–Trinajstić information content (AvgIpc) is 2.98. The van der Waals surface area contributed by atoms with Gasteiger partial charge < -0.3 is 19.5 Å². The highest BCUT2D eigenvalue weighted by Gasteiger charge is 2.45. The van der Waals surface area contributed by atoms with Crippen molar-refractivity contribution in [3.8, 4) is 5.75 Å². The molecule has 0 aromatic heterocycles. The van der Waals surface area contributed by atoms with Crippen molar-refractivity contribution in [2.24, 2.45) is 0 Å². The van der Waals surface area contributed by atoms with Gasteiger partial charge in [0.15, 0.2) is 0 Å². The Morgan fingerprint density at radius 1 is 1.17 bits per heavy atom. The summed E-state index contributed by atoms with van der Waals surface area (Å²) >= 11 is 3.45. The summed E-state index contributed by atoms with van der Waals surface area (Å²) in [5.41, 5.74) is 2.06. The predicted octanol–water partition coefficient (Wildman–Crippen LogP) is 4.22. The van der Waals surface area contributed by atoms with Crippen molar-refractivity contribution in [3.05, 3.63) is 69.2 Å². The number of nitrogens with zero attached hydrogens (tertiary/aromatic N) is 1. The number of aliphatic hydroxyl groups is 1. The summed E-state index contributed by atoms with van der Waals surface area (Å²) in [5.74, 6) is -0.853. The van der Waals surface area contributed by atoms with E-state index >= 15 is 0 Å². The summed E-state index contributed by atoms with van der Waals surface area (Å²) in [5, 5.41) is 11.1. The lowest BCUT2D eigenvalue weighted by atomic mass is 9.94. The Bertz CT molecular complexity index is 1000. The number of aliphatic hydroxyl groups excluding tert-OH is 1. The van der Waals surface area contributed by atoms with Crippen molar-refractivity contribution in [3.63, 3.8) is 0 Å². The number of benzene rings is 2. The zero-order valence-corrected chi connectivity index (χ0v) is 18.7. The Balaban J connectivity index is 2.15. The third-order valence-corrected chi connectivity index (χ3v) is 5.63. The number of ether oxygens (including phenoxy) is 2. The number of amides is 1. The molecule has 0 radical (unpaired) electrons. The van der Waals surface area contributed by atoms with Crippen LogP contribution in [-0.4, -0.2) is 49.1 Å². The Labute approximate surface area is 184 Å². The smallest absolute Gasteiger partial charge is 0.295 e. The van der Waals surface area contributed by atoms with Crippen LogP contribution < -0.4 is 4.74 Å². The first kappa shape index (κ1) is 22.1. The van der Waals surface area contributed by atoms with Crippen LogP contribution in [0.25, 0.3) is 5.76 Å². The number of likely N-dealkylation sites (tertiary alicyclic amines) is 1. The molecule has 0 aliphatic carbocycles. The molecule has 3 rings (SSSR count). The highest BCUT2D eigenvalue weighted by Crippen LogP contribution is 2.40. The van der Waals surface area contributed by atoms with Gasteiger partial charge in [-0.05, 0) is 54.8 Å². The maximum Gasteiger partial charge on any atom is 0.295 e. The molecule has 1 N–H and O–H groups in total. The number of aryl methyl sites for hydroxylation is 1. The van der Waals surface area contributed by atoms with Crippen LogP contribution in [0.3, 0.4) is 0 Å². The third-order valence-electron chi connectivity index (χ3n) is 5.14. The van der Waals surface area contributed by atoms with Gasteiger partial charge in [-0.1, -0.05) is 28.1 Å². The number of carbonyl (C=O) groups is 2. The van der Waals surface area contributed by atoms with E-state index in [0.717, 1.165) is 15.6 Å². The zero-order valence-electron chi connectivity index (χ0n) is 17.1. The van der Waals surface area contributed by atoms with Gasteiger partial charge >= 0.3 is 0 Å². The van der Waals surface area contributed by atoms with Crippen LogP contribution in [0.4, 0.5) is 0 Å². The van der Waals surface area contributed by atoms with Crippen LogP contribution >= 0.6 is 15.9 Å². The van der Waals surface area contributed by atoms with Gasteiger partial charge in [-0.2, -0.15) is 0 Å². The number of Topliss-reactive ketones (excluding diaryl/α,β-unsaturated/α-hetero) is 1. The quantitative estimate of drug-likeness (QED) is 0.282. The largest absolute Gasteiger partial charge is 0.507 e. The molecular formula is C23H24BrNO5. The molecule has 2 aromatic carbocycles. The molecule has 2 aromatic rings. The van der Waals surface area contributed by atoms with Crippen LogP contribution in [0.1, 0.15) is 29.2 Å². The fraction of sp³-hybridized carbons (Fsp3) is 0.304. The molecule has 1 aliphatic rings. The third kappa shape index (κ3) is 4.27. The van der Waals surface area contributed by atoms with E-state index in [0.29, 0.717) is 30.9 Å². The second kappa shape index (κ2) is 9.45. The van der Waals surface area contributed by atoms with Gasteiger partial charge in [-0.3, -0.25) is 9.59 Å². The molecule has 158 valence electrons. The molecule has 1 amide bonds. The Morgan fingerprint density at radius 3 is 2.57 bits per heavy atom. The van der Waals surface area contributed by atoms with Crippen LogP contribution in [0.5, 0.6) is 5.75 Å². The highest BCUT2D eigenvalue weighted by atomic mass is 79.9. The second-order valence-electron chi connectivity index (χ2n) is 7.07. The topological polar surface area (TPSA) is 76.1 Å². The first-order valence-corrected chi connectivity index (χ1v) is 10.4. The molecule has 6 nitrogen and oxygen atoms in total. The normalized spacial score (nSPS) is 18.1. The Morgan fingerprint density at radius 2 is 1.93 bits per heavy atom. The minimum atomic E-state index is -0.690. The maximum absolute atomic E-state index is 13.0. The maximum atomic E-state index is 13.0. The van der Waals surface area contributed by atoms with E-state index in [1.54, 1.807) is 32.4 Å². The lowest BCUT2D eigenvalue weighted by Gasteiger charge is -2.25. The van der Waals surface area contributed by atoms with E-state index in [9.17, 15) is 14.7 Å². The van der Waals surface area contributed by atoms with E-state index in [1.165, 1.54) is 4.90 Å². The average molecular weight is 474 g/mol. The van der Waals surface area contributed by atoms with Gasteiger partial charge in [0.1, 0.15) is 11.5 Å². The molecular weight excluding hydrogens is 450 g/mol. The van der Waals surface area contributed by atoms with E-state index in [1.807, 2.05) is 31.2 Å². The first-order valence-electron chi connectivity index (χ1n) is 9.56. The molecule has 1 saturated heterocycles. The van der Waals surface area contributed by atoms with Crippen LogP contribution in [-0.2, 0) is 14.3 Å². The molecule has 0 bridgehead atoms. The first-order chi connectivity index (χ1) is 14.4. The summed E-state index contributed by atoms with van der Waals surface area (Å²) in [6, 6.07) is 11.9.